The molecule has 1 aromatic heterocycles. The fourth-order valence-corrected chi connectivity index (χ4v) is 4.69. The predicted molar refractivity (Wildman–Crippen MR) is 166 cm³/mol. The maximum absolute atomic E-state index is 13.4. The first-order valence-corrected chi connectivity index (χ1v) is 14.3. The minimum Gasteiger partial charge on any atom is -0.437 e. The van der Waals surface area contributed by atoms with E-state index in [2.05, 4.69) is 20.8 Å². The van der Waals surface area contributed by atoms with Crippen LogP contribution in [0.4, 0.5) is 5.82 Å². The number of aromatic nitrogens is 2. The van der Waals surface area contributed by atoms with Crippen LogP contribution in [-0.2, 0) is 33.8 Å². The number of nitrogens with one attached hydrogen (secondary N) is 3. The van der Waals surface area contributed by atoms with Gasteiger partial charge in [-0.15, -0.1) is 0 Å². The van der Waals surface area contributed by atoms with Crippen molar-refractivity contribution < 1.29 is 19.4 Å². The smallest absolute Gasteiger partial charge is 0.374 e. The van der Waals surface area contributed by atoms with Crippen LogP contribution in [0.15, 0.2) is 67.1 Å². The molecule has 2 aromatic carbocycles. The number of imidazole rings is 1. The molecular weight excluding hydrogens is 531 g/mol. The predicted octanol–water partition coefficient (Wildman–Crippen LogP) is 2.88. The Balaban J connectivity index is 1.67. The van der Waals surface area contributed by atoms with Gasteiger partial charge >= 0.3 is 7.05 Å². The molecule has 3 aromatic rings. The lowest BCUT2D eigenvalue weighted by Crippen LogP contribution is -2.60. The van der Waals surface area contributed by atoms with Gasteiger partial charge in [-0.3, -0.25) is 14.4 Å². The molecule has 1 heterocycles. The van der Waals surface area contributed by atoms with E-state index in [-0.39, 0.29) is 11.8 Å². The van der Waals surface area contributed by atoms with Crippen LogP contribution < -0.4 is 15.9 Å². The van der Waals surface area contributed by atoms with Crippen molar-refractivity contribution in [2.75, 3.05) is 19.4 Å². The minimum absolute atomic E-state index is 0.0767. The Morgan fingerprint density at radius 3 is 2.36 bits per heavy atom. The molecule has 1 atom stereocenters. The van der Waals surface area contributed by atoms with Crippen molar-refractivity contribution in [3.63, 3.8) is 0 Å². The van der Waals surface area contributed by atoms with Gasteiger partial charge in [-0.1, -0.05) is 54.6 Å². The first kappa shape index (κ1) is 32.6. The lowest BCUT2D eigenvalue weighted by molar-refractivity contribution is -0.130. The largest absolute Gasteiger partial charge is 0.437 e. The first-order chi connectivity index (χ1) is 19.9. The third-order valence-corrected chi connectivity index (χ3v) is 7.02. The third kappa shape index (κ3) is 10.1. The number of anilines is 1. The van der Waals surface area contributed by atoms with Gasteiger partial charge < -0.3 is 30.4 Å². The summed E-state index contributed by atoms with van der Waals surface area (Å²) in [5.74, 6) is -0.299. The van der Waals surface area contributed by atoms with Gasteiger partial charge in [0.1, 0.15) is 6.04 Å². The van der Waals surface area contributed by atoms with Crippen LogP contribution in [0, 0.1) is 0 Å². The average molecular weight is 575 g/mol. The Morgan fingerprint density at radius 1 is 1.02 bits per heavy atom. The molecule has 0 bridgehead atoms. The molecule has 42 heavy (non-hydrogen) atoms. The van der Waals surface area contributed by atoms with Gasteiger partial charge in [0.2, 0.25) is 17.7 Å². The molecule has 0 saturated heterocycles. The Morgan fingerprint density at radius 2 is 1.69 bits per heavy atom. The zero-order chi connectivity index (χ0) is 30.7. The van der Waals surface area contributed by atoms with Crippen molar-refractivity contribution in [1.82, 2.24) is 25.0 Å². The topological polar surface area (TPSA) is 129 Å². The van der Waals surface area contributed by atoms with E-state index >= 15 is 0 Å². The number of carbonyl (C=O) groups excluding carboxylic acids is 3. The fourth-order valence-electron chi connectivity index (χ4n) is 4.69. The van der Waals surface area contributed by atoms with E-state index in [1.54, 1.807) is 45.4 Å². The van der Waals surface area contributed by atoms with Gasteiger partial charge in [0.25, 0.3) is 0 Å². The van der Waals surface area contributed by atoms with Crippen LogP contribution in [0.1, 0.15) is 49.8 Å². The number of hydrogen-bond donors (Lipinski definition) is 4. The Kier molecular flexibility index (Phi) is 11.9. The first-order valence-electron chi connectivity index (χ1n) is 14.3. The van der Waals surface area contributed by atoms with E-state index in [9.17, 15) is 19.4 Å². The summed E-state index contributed by atoms with van der Waals surface area (Å²) < 4.78 is 1.88. The zero-order valence-electron chi connectivity index (χ0n) is 25.3. The highest BCUT2D eigenvalue weighted by molar-refractivity contribution is 6.46. The Bertz CT molecular complexity index is 1330. The van der Waals surface area contributed by atoms with Gasteiger partial charge in [0, 0.05) is 33.3 Å². The van der Waals surface area contributed by atoms with Crippen LogP contribution in [0.3, 0.4) is 0 Å². The van der Waals surface area contributed by atoms with Crippen LogP contribution >= 0.6 is 0 Å². The van der Waals surface area contributed by atoms with E-state index in [0.29, 0.717) is 38.0 Å². The Hall–Kier alpha value is -3.96. The lowest BCUT2D eigenvalue weighted by Gasteiger charge is -2.28. The summed E-state index contributed by atoms with van der Waals surface area (Å²) in [4.78, 5) is 44.5. The number of aryl methyl sites for hydroxylation is 2. The molecule has 0 aliphatic rings. The van der Waals surface area contributed by atoms with Crippen molar-refractivity contribution in [3.8, 4) is 0 Å². The number of hydrogen-bond acceptors (Lipinski definition) is 6. The average Bonchev–Trinajstić information content (AvgIpc) is 3.37. The van der Waals surface area contributed by atoms with E-state index < -0.39 is 24.5 Å². The molecule has 0 spiro atoms. The quantitative estimate of drug-likeness (QED) is 0.207. The second-order valence-electron chi connectivity index (χ2n) is 11.3. The molecule has 0 saturated carbocycles. The zero-order valence-corrected chi connectivity index (χ0v) is 25.3. The summed E-state index contributed by atoms with van der Waals surface area (Å²) in [5.41, 5.74) is 2.22. The van der Waals surface area contributed by atoms with E-state index in [1.165, 1.54) is 6.82 Å². The molecule has 0 aliphatic heterocycles. The number of carbonyl (C=O) groups is 3. The van der Waals surface area contributed by atoms with E-state index in [1.807, 2.05) is 59.2 Å². The van der Waals surface area contributed by atoms with Crippen LogP contribution in [0.5, 0.6) is 0 Å². The van der Waals surface area contributed by atoms with Gasteiger partial charge in [0.05, 0.1) is 11.9 Å². The summed E-state index contributed by atoms with van der Waals surface area (Å²) in [5, 5.41) is 18.3. The normalized spacial score (nSPS) is 12.0. The fraction of sp³-hybridized carbons (Fsp3) is 0.419. The summed E-state index contributed by atoms with van der Waals surface area (Å²) >= 11 is 0. The molecule has 11 heteroatoms. The molecule has 0 aliphatic carbocycles. The minimum atomic E-state index is -1.09. The number of amides is 3. The van der Waals surface area contributed by atoms with Crippen molar-refractivity contribution >= 4 is 30.6 Å². The van der Waals surface area contributed by atoms with Crippen LogP contribution in [-0.4, -0.2) is 69.9 Å². The Labute approximate surface area is 249 Å². The standard InChI is InChI=1S/C31H43BN6O4/c1-31(2,36-32(3)42)30(41)34-26(17-11-14-23-12-7-6-8-13-23)29(40)35-27-21-38(22-33-27)20-25-16-10-9-15-24(25)18-19-28(39)37(4)5/h6-10,12-13,15-16,21-22,26,36,42H,11,14,17-20H2,1-5H3,(H,34,41)(H,35,40)/t26-/m1/s1. The molecule has 0 radical (unpaired) electrons. The summed E-state index contributed by atoms with van der Waals surface area (Å²) in [6, 6.07) is 17.2. The summed E-state index contributed by atoms with van der Waals surface area (Å²) in [6.07, 6.45) is 6.35. The molecule has 3 amide bonds. The monoisotopic (exact) mass is 574 g/mol. The molecule has 3 rings (SSSR count). The van der Waals surface area contributed by atoms with E-state index in [4.69, 9.17) is 0 Å². The van der Waals surface area contributed by atoms with Crippen molar-refractivity contribution in [1.29, 1.82) is 0 Å². The maximum Gasteiger partial charge on any atom is 0.374 e. The van der Waals surface area contributed by atoms with Crippen LogP contribution in [0.2, 0.25) is 6.82 Å². The molecule has 0 unspecified atom stereocenters. The highest BCUT2D eigenvalue weighted by Crippen LogP contribution is 2.16. The summed E-state index contributed by atoms with van der Waals surface area (Å²) in [7, 11) is 2.61. The van der Waals surface area contributed by atoms with Gasteiger partial charge in [-0.25, -0.2) is 4.98 Å². The highest BCUT2D eigenvalue weighted by Gasteiger charge is 2.33. The third-order valence-electron chi connectivity index (χ3n) is 7.02. The number of rotatable bonds is 15. The van der Waals surface area contributed by atoms with Gasteiger partial charge in [0.15, 0.2) is 5.82 Å². The SMILES string of the molecule is CB(O)NC(C)(C)C(=O)N[C@H](CCCc1ccccc1)C(=O)Nc1cn(Cc2ccccc2CCC(=O)N(C)C)cn1. The van der Waals surface area contributed by atoms with Gasteiger partial charge in [-0.05, 0) is 63.0 Å². The maximum atomic E-state index is 13.4. The molecule has 10 nitrogen and oxygen atoms in total. The van der Waals surface area contributed by atoms with E-state index in [0.717, 1.165) is 23.1 Å². The second-order valence-corrected chi connectivity index (χ2v) is 11.3. The van der Waals surface area contributed by atoms with Crippen molar-refractivity contribution in [2.45, 2.75) is 70.9 Å². The van der Waals surface area contributed by atoms with Crippen molar-refractivity contribution in [2.24, 2.45) is 0 Å². The molecular formula is C31H43BN6O4. The molecule has 224 valence electrons. The van der Waals surface area contributed by atoms with Crippen molar-refractivity contribution in [3.05, 3.63) is 83.8 Å². The molecule has 0 fully saturated rings. The summed E-state index contributed by atoms with van der Waals surface area (Å²) in [6.45, 7) is 5.39. The van der Waals surface area contributed by atoms with Crippen LogP contribution in [0.25, 0.3) is 0 Å². The second kappa shape index (κ2) is 15.3. The van der Waals surface area contributed by atoms with Gasteiger partial charge in [-0.2, -0.15) is 0 Å². The number of nitrogens with zero attached hydrogens (tertiary/aromatic N) is 3. The highest BCUT2D eigenvalue weighted by atomic mass is 16.2. The molecule has 4 N–H and O–H groups in total. The lowest BCUT2D eigenvalue weighted by atomic mass is 9.83. The number of benzene rings is 2.